The van der Waals surface area contributed by atoms with Crippen molar-refractivity contribution in [2.24, 2.45) is 11.3 Å². The van der Waals surface area contributed by atoms with E-state index in [0.29, 0.717) is 0 Å². The van der Waals surface area contributed by atoms with E-state index < -0.39 is 36.0 Å². The Morgan fingerprint density at radius 3 is 2.29 bits per heavy atom. The van der Waals surface area contributed by atoms with Crippen molar-refractivity contribution in [2.75, 3.05) is 0 Å². The van der Waals surface area contributed by atoms with Crippen LogP contribution in [0.15, 0.2) is 0 Å². The van der Waals surface area contributed by atoms with Gasteiger partial charge in [-0.2, -0.15) is 13.2 Å². The predicted octanol–water partition coefficient (Wildman–Crippen LogP) is 2.49. The molecule has 0 saturated carbocycles. The summed E-state index contributed by atoms with van der Waals surface area (Å²) < 4.78 is 42.3. The first kappa shape index (κ1) is 14.0. The van der Waals surface area contributed by atoms with Crippen molar-refractivity contribution in [3.05, 3.63) is 0 Å². The summed E-state index contributed by atoms with van der Waals surface area (Å²) in [4.78, 5) is 22.5. The molecule has 1 aliphatic rings. The third-order valence-electron chi connectivity index (χ3n) is 2.76. The van der Waals surface area contributed by atoms with E-state index in [-0.39, 0.29) is 12.2 Å². The molecule has 98 valence electrons. The zero-order chi connectivity index (χ0) is 13.4. The molecule has 1 saturated heterocycles. The molecule has 1 heterocycles. The number of alkyl halides is 3. The number of carbonyl (C=O) groups excluding carboxylic acids is 2. The molecule has 0 aromatic carbocycles. The van der Waals surface area contributed by atoms with Gasteiger partial charge in [0, 0.05) is 11.8 Å². The molecule has 0 aromatic rings. The monoisotopic (exact) mass is 252 g/mol. The van der Waals surface area contributed by atoms with Crippen molar-refractivity contribution in [1.29, 1.82) is 0 Å². The standard InChI is InChI=1S/C11H15F3O3/c1-10(2,3)8(15)5-7-6(11(12,13)14)4-9(16)17-7/h6-7H,4-5H2,1-3H3/t6-,7-/m0/s1. The average molecular weight is 252 g/mol. The second-order valence-electron chi connectivity index (χ2n) is 5.26. The first-order chi connectivity index (χ1) is 7.51. The van der Waals surface area contributed by atoms with Gasteiger partial charge in [0.25, 0.3) is 0 Å². The Kier molecular flexibility index (Phi) is 3.55. The van der Waals surface area contributed by atoms with E-state index in [2.05, 4.69) is 4.74 Å². The minimum atomic E-state index is -4.50. The molecule has 1 rings (SSSR count). The highest BCUT2D eigenvalue weighted by Gasteiger charge is 2.52. The summed E-state index contributed by atoms with van der Waals surface area (Å²) in [7, 11) is 0. The van der Waals surface area contributed by atoms with E-state index in [9.17, 15) is 22.8 Å². The van der Waals surface area contributed by atoms with Crippen LogP contribution in [0.5, 0.6) is 0 Å². The maximum absolute atomic E-state index is 12.6. The Morgan fingerprint density at radius 2 is 1.88 bits per heavy atom. The van der Waals surface area contributed by atoms with Gasteiger partial charge < -0.3 is 4.74 Å². The lowest BCUT2D eigenvalue weighted by molar-refractivity contribution is -0.187. The molecule has 0 unspecified atom stereocenters. The number of ketones is 1. The third kappa shape index (κ3) is 3.44. The molecule has 0 spiro atoms. The van der Waals surface area contributed by atoms with Crippen LogP contribution in [0.2, 0.25) is 0 Å². The van der Waals surface area contributed by atoms with Crippen molar-refractivity contribution in [3.8, 4) is 0 Å². The number of hydrogen-bond donors (Lipinski definition) is 0. The number of halogens is 3. The molecular formula is C11H15F3O3. The number of cyclic esters (lactones) is 1. The van der Waals surface area contributed by atoms with Crippen LogP contribution >= 0.6 is 0 Å². The van der Waals surface area contributed by atoms with Gasteiger partial charge in [0.1, 0.15) is 17.8 Å². The molecule has 2 atom stereocenters. The zero-order valence-electron chi connectivity index (χ0n) is 9.93. The molecule has 17 heavy (non-hydrogen) atoms. The van der Waals surface area contributed by atoms with Crippen molar-refractivity contribution in [1.82, 2.24) is 0 Å². The van der Waals surface area contributed by atoms with Gasteiger partial charge in [-0.1, -0.05) is 20.8 Å². The van der Waals surface area contributed by atoms with Crippen molar-refractivity contribution >= 4 is 11.8 Å². The lowest BCUT2D eigenvalue weighted by Gasteiger charge is -2.23. The van der Waals surface area contributed by atoms with E-state index >= 15 is 0 Å². The summed E-state index contributed by atoms with van der Waals surface area (Å²) in [6.45, 7) is 4.86. The number of rotatable bonds is 2. The SMILES string of the molecule is CC(C)(C)C(=O)C[C@@H]1OC(=O)C[C@@H]1C(F)(F)F. The van der Waals surface area contributed by atoms with Crippen LogP contribution in [0, 0.1) is 11.3 Å². The molecule has 0 amide bonds. The number of esters is 1. The Hall–Kier alpha value is -1.07. The summed E-state index contributed by atoms with van der Waals surface area (Å²) >= 11 is 0. The van der Waals surface area contributed by atoms with Crippen LogP contribution in [0.1, 0.15) is 33.6 Å². The van der Waals surface area contributed by atoms with Gasteiger partial charge in [-0.05, 0) is 0 Å². The minimum Gasteiger partial charge on any atom is -0.461 e. The first-order valence-corrected chi connectivity index (χ1v) is 5.31. The normalized spacial score (nSPS) is 25.9. The fourth-order valence-electron chi connectivity index (χ4n) is 1.61. The highest BCUT2D eigenvalue weighted by molar-refractivity contribution is 5.85. The second kappa shape index (κ2) is 4.31. The summed E-state index contributed by atoms with van der Waals surface area (Å²) in [6.07, 6.45) is -6.94. The Labute approximate surface area is 97.3 Å². The molecule has 0 aliphatic carbocycles. The van der Waals surface area contributed by atoms with E-state index in [4.69, 9.17) is 0 Å². The first-order valence-electron chi connectivity index (χ1n) is 5.31. The van der Waals surface area contributed by atoms with Gasteiger partial charge in [0.15, 0.2) is 0 Å². The number of carbonyl (C=O) groups is 2. The molecule has 0 N–H and O–H groups in total. The smallest absolute Gasteiger partial charge is 0.395 e. The van der Waals surface area contributed by atoms with Gasteiger partial charge in [0.05, 0.1) is 6.42 Å². The molecule has 6 heteroatoms. The van der Waals surface area contributed by atoms with Crippen LogP contribution in [-0.2, 0) is 14.3 Å². The third-order valence-corrected chi connectivity index (χ3v) is 2.76. The summed E-state index contributed by atoms with van der Waals surface area (Å²) in [5.41, 5.74) is -0.731. The van der Waals surface area contributed by atoms with Crippen LogP contribution in [-0.4, -0.2) is 24.0 Å². The van der Waals surface area contributed by atoms with E-state index in [1.54, 1.807) is 20.8 Å². The van der Waals surface area contributed by atoms with E-state index in [1.807, 2.05) is 0 Å². The van der Waals surface area contributed by atoms with Crippen LogP contribution < -0.4 is 0 Å². The average Bonchev–Trinajstić information content (AvgIpc) is 2.44. The molecule has 3 nitrogen and oxygen atoms in total. The van der Waals surface area contributed by atoms with Crippen LogP contribution in [0.25, 0.3) is 0 Å². The zero-order valence-corrected chi connectivity index (χ0v) is 9.93. The van der Waals surface area contributed by atoms with Crippen molar-refractivity contribution in [3.63, 3.8) is 0 Å². The van der Waals surface area contributed by atoms with Gasteiger partial charge in [0.2, 0.25) is 0 Å². The van der Waals surface area contributed by atoms with Crippen molar-refractivity contribution < 1.29 is 27.5 Å². The predicted molar refractivity (Wildman–Crippen MR) is 53.1 cm³/mol. The summed E-state index contributed by atoms with van der Waals surface area (Å²) in [5, 5.41) is 0. The Morgan fingerprint density at radius 1 is 1.35 bits per heavy atom. The molecule has 1 fully saturated rings. The highest BCUT2D eigenvalue weighted by atomic mass is 19.4. The summed E-state index contributed by atoms with van der Waals surface area (Å²) in [5.74, 6) is -3.09. The van der Waals surface area contributed by atoms with Gasteiger partial charge >= 0.3 is 12.1 Å². The van der Waals surface area contributed by atoms with Crippen molar-refractivity contribution in [2.45, 2.75) is 45.9 Å². The van der Waals surface area contributed by atoms with Crippen LogP contribution in [0.4, 0.5) is 13.2 Å². The van der Waals surface area contributed by atoms with E-state index in [0.717, 1.165) is 0 Å². The number of ether oxygens (including phenoxy) is 1. The van der Waals surface area contributed by atoms with Gasteiger partial charge in [-0.15, -0.1) is 0 Å². The highest BCUT2D eigenvalue weighted by Crippen LogP contribution is 2.39. The Balaban J connectivity index is 2.76. The topological polar surface area (TPSA) is 43.4 Å². The molecule has 0 bridgehead atoms. The largest absolute Gasteiger partial charge is 0.461 e. The fraction of sp³-hybridized carbons (Fsp3) is 0.818. The molecule has 0 aromatic heterocycles. The maximum Gasteiger partial charge on any atom is 0.395 e. The molecule has 0 radical (unpaired) electrons. The van der Waals surface area contributed by atoms with Gasteiger partial charge in [-0.3, -0.25) is 9.59 Å². The maximum atomic E-state index is 12.6. The number of Topliss-reactive ketones (excluding diaryl/α,β-unsaturated/α-hetero) is 1. The number of hydrogen-bond acceptors (Lipinski definition) is 3. The second-order valence-corrected chi connectivity index (χ2v) is 5.26. The van der Waals surface area contributed by atoms with E-state index in [1.165, 1.54) is 0 Å². The quantitative estimate of drug-likeness (QED) is 0.709. The lowest BCUT2D eigenvalue weighted by Crippen LogP contribution is -2.34. The van der Waals surface area contributed by atoms with Gasteiger partial charge in [-0.25, -0.2) is 0 Å². The Bertz CT molecular complexity index is 328. The van der Waals surface area contributed by atoms with Crippen LogP contribution in [0.3, 0.4) is 0 Å². The minimum absolute atomic E-state index is 0.341. The molecular weight excluding hydrogens is 237 g/mol. The molecule has 1 aliphatic heterocycles. The summed E-state index contributed by atoms with van der Waals surface area (Å²) in [6, 6.07) is 0. The fourth-order valence-corrected chi connectivity index (χ4v) is 1.61. The lowest BCUT2D eigenvalue weighted by atomic mass is 9.85.